The monoisotopic (exact) mass is 636 g/mol. The van der Waals surface area contributed by atoms with Crippen LogP contribution in [0.3, 0.4) is 0 Å². The molecule has 0 N–H and O–H groups in total. The second-order valence-corrected chi connectivity index (χ2v) is 10.8. The molecular formula is C37H32Cl2Zr. The van der Waals surface area contributed by atoms with Gasteiger partial charge in [-0.1, -0.05) is 48.9 Å². The zero-order valence-electron chi connectivity index (χ0n) is 22.7. The van der Waals surface area contributed by atoms with E-state index in [0.29, 0.717) is 0 Å². The second kappa shape index (κ2) is 15.1. The number of fused-ring (bicyclic) bond motifs is 4. The molecule has 0 spiro atoms. The first-order chi connectivity index (χ1) is 18.6. The van der Waals surface area contributed by atoms with Crippen LogP contribution in [0.5, 0.6) is 0 Å². The normalized spacial score (nSPS) is 10.0. The molecule has 0 fully saturated rings. The summed E-state index contributed by atoms with van der Waals surface area (Å²) in [6.07, 6.45) is 0. The van der Waals surface area contributed by atoms with E-state index < -0.39 is 0 Å². The van der Waals surface area contributed by atoms with E-state index in [1.807, 2.05) is 0 Å². The third-order valence-electron chi connectivity index (χ3n) is 6.79. The van der Waals surface area contributed by atoms with Crippen molar-refractivity contribution in [1.82, 2.24) is 0 Å². The van der Waals surface area contributed by atoms with Crippen molar-refractivity contribution in [3.05, 3.63) is 168 Å². The number of rotatable bonds is 2. The number of benzene rings is 5. The first-order valence-corrected chi connectivity index (χ1v) is 14.2. The van der Waals surface area contributed by atoms with Gasteiger partial charge in [0.15, 0.2) is 0 Å². The summed E-state index contributed by atoms with van der Waals surface area (Å²) < 4.78 is 1.42. The first-order valence-electron chi connectivity index (χ1n) is 13.0. The van der Waals surface area contributed by atoms with Gasteiger partial charge >= 0.3 is 99.2 Å². The van der Waals surface area contributed by atoms with Crippen molar-refractivity contribution in [2.75, 3.05) is 0 Å². The maximum Gasteiger partial charge on any atom is -0.0771 e. The molecule has 40 heavy (non-hydrogen) atoms. The second-order valence-electron chi connectivity index (χ2n) is 9.53. The van der Waals surface area contributed by atoms with Crippen LogP contribution in [0.2, 0.25) is 0 Å². The smallest absolute Gasteiger partial charge is 0.0771 e. The maximum atomic E-state index is 2.24. The van der Waals surface area contributed by atoms with Gasteiger partial charge in [-0.05, 0) is 6.92 Å². The van der Waals surface area contributed by atoms with Crippen LogP contribution in [0.4, 0.5) is 0 Å². The van der Waals surface area contributed by atoms with Crippen LogP contribution in [-0.2, 0) is 24.2 Å². The van der Waals surface area contributed by atoms with Crippen molar-refractivity contribution in [3.8, 4) is 0 Å². The molecule has 0 saturated heterocycles. The zero-order valence-corrected chi connectivity index (χ0v) is 26.8. The molecule has 0 aliphatic heterocycles. The van der Waals surface area contributed by atoms with Crippen LogP contribution in [0, 0.1) is 13.8 Å². The molecule has 0 nitrogen and oxygen atoms in total. The third-order valence-corrected chi connectivity index (χ3v) is 8.21. The van der Waals surface area contributed by atoms with Crippen LogP contribution in [0.15, 0.2) is 146 Å². The van der Waals surface area contributed by atoms with Crippen molar-refractivity contribution in [2.45, 2.75) is 13.8 Å². The van der Waals surface area contributed by atoms with E-state index >= 15 is 0 Å². The van der Waals surface area contributed by atoms with E-state index in [0.717, 1.165) is 0 Å². The number of hydrogen-bond acceptors (Lipinski definition) is 0. The summed E-state index contributed by atoms with van der Waals surface area (Å²) in [6.45, 7) is 4.29. The Balaban J connectivity index is 0.000000162. The standard InChI is InChI=1S/C13H9.C13H10.C11H11.2ClH.Zr/c1-3-7-12-10(5-1)9-11-6-2-4-8-13(11)12;1-3-7-12(8-4-1)11-13-9-5-2-6-10-13;1-8-3-5-10-6-4-9(2)11(10)7-8;;;/h1-9H;1-10H;3-7H,1-2H3;2*1H;/q-1;;-1;;;+2. The molecule has 7 aromatic rings. The summed E-state index contributed by atoms with van der Waals surface area (Å²) in [5.41, 5.74) is 5.38. The third kappa shape index (κ3) is 7.55. The largest absolute Gasteiger partial charge is 0.126 e. The van der Waals surface area contributed by atoms with E-state index in [4.69, 9.17) is 0 Å². The van der Waals surface area contributed by atoms with Crippen LogP contribution >= 0.6 is 24.8 Å². The number of aryl methyl sites for hydroxylation is 2. The van der Waals surface area contributed by atoms with Gasteiger partial charge in [0.2, 0.25) is 0 Å². The Morgan fingerprint density at radius 2 is 1.00 bits per heavy atom. The molecule has 3 heteroatoms. The Bertz CT molecular complexity index is 1700. The fourth-order valence-corrected chi connectivity index (χ4v) is 5.56. The average molecular weight is 639 g/mol. The van der Waals surface area contributed by atoms with Crippen LogP contribution in [-0.4, -0.2) is 3.21 Å². The molecular weight excluding hydrogens is 607 g/mol. The minimum Gasteiger partial charge on any atom is -0.126 e. The molecule has 0 saturated carbocycles. The Hall–Kier alpha value is -3.09. The quantitative estimate of drug-likeness (QED) is 0.165. The predicted molar refractivity (Wildman–Crippen MR) is 177 cm³/mol. The number of halogens is 2. The molecule has 7 aromatic carbocycles. The van der Waals surface area contributed by atoms with Crippen molar-refractivity contribution >= 4 is 60.3 Å². The molecule has 0 aromatic heterocycles. The minimum atomic E-state index is 0. The van der Waals surface area contributed by atoms with Gasteiger partial charge in [-0.3, -0.25) is 0 Å². The van der Waals surface area contributed by atoms with Gasteiger partial charge in [-0.15, -0.1) is 99.6 Å². The predicted octanol–water partition coefficient (Wildman–Crippen LogP) is 10.5. The summed E-state index contributed by atoms with van der Waals surface area (Å²) in [6, 6.07) is 51.3. The van der Waals surface area contributed by atoms with E-state index in [1.54, 1.807) is 0 Å². The van der Waals surface area contributed by atoms with Gasteiger partial charge in [-0.2, -0.15) is 11.6 Å². The Kier molecular flexibility index (Phi) is 11.8. The van der Waals surface area contributed by atoms with Crippen molar-refractivity contribution in [1.29, 1.82) is 0 Å². The van der Waals surface area contributed by atoms with Crippen LogP contribution in [0.25, 0.3) is 32.3 Å². The van der Waals surface area contributed by atoms with Crippen molar-refractivity contribution in [3.63, 3.8) is 0 Å². The molecule has 0 amide bonds. The molecule has 0 heterocycles. The van der Waals surface area contributed by atoms with Gasteiger partial charge in [0.05, 0.1) is 0 Å². The summed E-state index contributed by atoms with van der Waals surface area (Å²) in [4.78, 5) is 0. The van der Waals surface area contributed by atoms with E-state index in [2.05, 4.69) is 159 Å². The average Bonchev–Trinajstić information content (AvgIpc) is 3.54. The molecule has 0 unspecified atom stereocenters. The zero-order chi connectivity index (χ0) is 26.3. The molecule has 7 rings (SSSR count). The van der Waals surface area contributed by atoms with Gasteiger partial charge in [0.1, 0.15) is 0 Å². The minimum absolute atomic E-state index is 0. The first kappa shape index (κ1) is 31.4. The molecule has 198 valence electrons. The summed E-state index contributed by atoms with van der Waals surface area (Å²) in [5.74, 6) is 0. The van der Waals surface area contributed by atoms with Gasteiger partial charge < -0.3 is 0 Å². The Labute approximate surface area is 264 Å². The Morgan fingerprint density at radius 1 is 0.525 bits per heavy atom. The van der Waals surface area contributed by atoms with Gasteiger partial charge in [0.25, 0.3) is 0 Å². The van der Waals surface area contributed by atoms with Gasteiger partial charge in [0, 0.05) is 0 Å². The van der Waals surface area contributed by atoms with Crippen molar-refractivity contribution in [2.24, 2.45) is 0 Å². The van der Waals surface area contributed by atoms with E-state index in [1.165, 1.54) is 82.0 Å². The fourth-order valence-electron chi connectivity index (χ4n) is 4.74. The van der Waals surface area contributed by atoms with E-state index in [-0.39, 0.29) is 24.8 Å². The Morgan fingerprint density at radius 3 is 1.52 bits per heavy atom. The number of hydrogen-bond donors (Lipinski definition) is 0. The van der Waals surface area contributed by atoms with Crippen LogP contribution < -0.4 is 0 Å². The molecule has 0 aliphatic carbocycles. The topological polar surface area (TPSA) is 0 Å². The van der Waals surface area contributed by atoms with Crippen LogP contribution in [0.1, 0.15) is 22.3 Å². The summed E-state index contributed by atoms with van der Waals surface area (Å²) in [7, 11) is 0. The molecule has 0 aliphatic rings. The molecule has 0 bridgehead atoms. The molecule has 0 radical (unpaired) electrons. The maximum absolute atomic E-state index is 2.24. The summed E-state index contributed by atoms with van der Waals surface area (Å²) >= 11 is 1.46. The van der Waals surface area contributed by atoms with E-state index in [9.17, 15) is 0 Å². The summed E-state index contributed by atoms with van der Waals surface area (Å²) in [5, 5.41) is 8.14. The SMILES string of the molecule is Cc1ccc2[cH-]cc(C)c2c1.Cl.Cl.[Zr+2]=[C](c1ccccc1)c1ccccc1.c1ccc2c(c1)[cH-]c1ccccc12. The van der Waals surface area contributed by atoms with Crippen molar-refractivity contribution < 1.29 is 24.2 Å². The fraction of sp³-hybridized carbons (Fsp3) is 0.0541. The van der Waals surface area contributed by atoms with Gasteiger partial charge in [-0.25, -0.2) is 0 Å². The molecule has 0 atom stereocenters.